The summed E-state index contributed by atoms with van der Waals surface area (Å²) in [5.74, 6) is 0.624. The van der Waals surface area contributed by atoms with Gasteiger partial charge in [-0.25, -0.2) is 4.98 Å². The predicted molar refractivity (Wildman–Crippen MR) is 74.8 cm³/mol. The van der Waals surface area contributed by atoms with Gasteiger partial charge in [0.2, 0.25) is 0 Å². The van der Waals surface area contributed by atoms with Gasteiger partial charge in [0.15, 0.2) is 0 Å². The first-order valence-corrected chi connectivity index (χ1v) is 6.89. The van der Waals surface area contributed by atoms with Crippen LogP contribution in [0.25, 0.3) is 0 Å². The molecule has 1 saturated heterocycles. The van der Waals surface area contributed by atoms with Crippen LogP contribution in [0.1, 0.15) is 38.3 Å². The second-order valence-corrected chi connectivity index (χ2v) is 6.20. The topological polar surface area (TPSA) is 33.1 Å². The van der Waals surface area contributed by atoms with Crippen LogP contribution in [-0.4, -0.2) is 47.2 Å². The van der Waals surface area contributed by atoms with E-state index in [1.165, 1.54) is 18.5 Å². The van der Waals surface area contributed by atoms with Crippen LogP contribution in [0.2, 0.25) is 0 Å². The van der Waals surface area contributed by atoms with E-state index in [1.54, 1.807) is 0 Å². The molecule has 4 heteroatoms. The van der Waals surface area contributed by atoms with Crippen LogP contribution in [0.3, 0.4) is 0 Å². The first kappa shape index (κ1) is 13.6. The molecule has 0 radical (unpaired) electrons. The van der Waals surface area contributed by atoms with Crippen LogP contribution in [-0.2, 0) is 6.54 Å². The van der Waals surface area contributed by atoms with E-state index in [1.807, 2.05) is 12.5 Å². The third-order valence-corrected chi connectivity index (χ3v) is 4.23. The molecule has 1 atom stereocenters. The lowest BCUT2D eigenvalue weighted by Gasteiger charge is -2.34. The molecular weight excluding hydrogens is 224 g/mol. The molecule has 1 aliphatic heterocycles. The van der Waals surface area contributed by atoms with Crippen molar-refractivity contribution in [2.24, 2.45) is 0 Å². The summed E-state index contributed by atoms with van der Waals surface area (Å²) in [5, 5.41) is 3.48. The van der Waals surface area contributed by atoms with Gasteiger partial charge in [0.1, 0.15) is 0 Å². The molecule has 0 amide bonds. The maximum absolute atomic E-state index is 4.36. The number of aromatic nitrogens is 2. The minimum Gasteiger partial charge on any atom is -0.332 e. The van der Waals surface area contributed by atoms with Crippen molar-refractivity contribution in [1.82, 2.24) is 19.8 Å². The van der Waals surface area contributed by atoms with E-state index in [0.29, 0.717) is 5.92 Å². The van der Waals surface area contributed by atoms with Gasteiger partial charge < -0.3 is 14.8 Å². The summed E-state index contributed by atoms with van der Waals surface area (Å²) in [6, 6.07) is 0. The second kappa shape index (κ2) is 5.41. The van der Waals surface area contributed by atoms with Crippen molar-refractivity contribution in [1.29, 1.82) is 0 Å². The van der Waals surface area contributed by atoms with Crippen molar-refractivity contribution >= 4 is 0 Å². The molecule has 0 bridgehead atoms. The van der Waals surface area contributed by atoms with Crippen molar-refractivity contribution in [3.63, 3.8) is 0 Å². The monoisotopic (exact) mass is 250 g/mol. The van der Waals surface area contributed by atoms with Crippen LogP contribution >= 0.6 is 0 Å². The molecular formula is C14H26N4. The number of rotatable bonds is 4. The first-order chi connectivity index (χ1) is 8.50. The Kier molecular flexibility index (Phi) is 4.07. The smallest absolute Gasteiger partial charge is 0.0948 e. The summed E-state index contributed by atoms with van der Waals surface area (Å²) in [4.78, 5) is 6.63. The van der Waals surface area contributed by atoms with Crippen LogP contribution in [0.5, 0.6) is 0 Å². The summed E-state index contributed by atoms with van der Waals surface area (Å²) in [7, 11) is 4.28. The minimum atomic E-state index is 0.150. The molecule has 2 rings (SSSR count). The van der Waals surface area contributed by atoms with Crippen LogP contribution in [0.4, 0.5) is 0 Å². The summed E-state index contributed by atoms with van der Waals surface area (Å²) >= 11 is 0. The number of nitrogens with one attached hydrogen (secondary N) is 1. The normalized spacial score (nSPS) is 21.5. The van der Waals surface area contributed by atoms with Gasteiger partial charge in [-0.05, 0) is 47.3 Å². The second-order valence-electron chi connectivity index (χ2n) is 6.20. The number of piperidine rings is 1. The molecule has 1 unspecified atom stereocenters. The van der Waals surface area contributed by atoms with Crippen LogP contribution in [0, 0.1) is 0 Å². The van der Waals surface area contributed by atoms with Crippen molar-refractivity contribution in [3.05, 3.63) is 18.2 Å². The highest BCUT2D eigenvalue weighted by molar-refractivity contribution is 5.09. The maximum atomic E-state index is 4.36. The number of hydrogen-bond acceptors (Lipinski definition) is 3. The maximum Gasteiger partial charge on any atom is 0.0948 e. The number of likely N-dealkylation sites (N-methyl/N-ethyl adjacent to an activating group) is 1. The lowest BCUT2D eigenvalue weighted by atomic mass is 9.95. The Morgan fingerprint density at radius 1 is 1.50 bits per heavy atom. The number of nitrogens with zero attached hydrogens (tertiary/aromatic N) is 3. The zero-order chi connectivity index (χ0) is 13.2. The fourth-order valence-electron chi connectivity index (χ4n) is 2.47. The Morgan fingerprint density at radius 3 is 2.89 bits per heavy atom. The molecule has 102 valence electrons. The van der Waals surface area contributed by atoms with Crippen LogP contribution in [0.15, 0.2) is 12.5 Å². The quantitative estimate of drug-likeness (QED) is 0.883. The summed E-state index contributed by atoms with van der Waals surface area (Å²) in [6.45, 7) is 7.79. The van der Waals surface area contributed by atoms with Gasteiger partial charge in [-0.15, -0.1) is 0 Å². The fraction of sp³-hybridized carbons (Fsp3) is 0.786. The van der Waals surface area contributed by atoms with E-state index in [9.17, 15) is 0 Å². The lowest BCUT2D eigenvalue weighted by molar-refractivity contribution is 0.167. The van der Waals surface area contributed by atoms with Crippen molar-refractivity contribution in [3.8, 4) is 0 Å². The number of hydrogen-bond donors (Lipinski definition) is 1. The SMILES string of the molecule is CN(C)C(C)(C)Cn1cncc1C1CCCNC1. The molecule has 1 aromatic rings. The highest BCUT2D eigenvalue weighted by atomic mass is 15.2. The molecule has 1 aliphatic rings. The Labute approximate surface area is 110 Å². The highest BCUT2D eigenvalue weighted by Crippen LogP contribution is 2.24. The van der Waals surface area contributed by atoms with Crippen LogP contribution < -0.4 is 5.32 Å². The average Bonchev–Trinajstić information content (AvgIpc) is 2.77. The van der Waals surface area contributed by atoms with Gasteiger partial charge in [0, 0.05) is 36.4 Å². The first-order valence-electron chi connectivity index (χ1n) is 6.89. The Balaban J connectivity index is 2.12. The molecule has 0 saturated carbocycles. The van der Waals surface area contributed by atoms with Crippen molar-refractivity contribution in [2.75, 3.05) is 27.2 Å². The number of imidazole rings is 1. The molecule has 1 aromatic heterocycles. The summed E-state index contributed by atoms with van der Waals surface area (Å²) < 4.78 is 2.33. The molecule has 1 N–H and O–H groups in total. The zero-order valence-electron chi connectivity index (χ0n) is 12.1. The molecule has 0 aliphatic carbocycles. The van der Waals surface area contributed by atoms with Gasteiger partial charge in [-0.1, -0.05) is 0 Å². The van der Waals surface area contributed by atoms with Gasteiger partial charge >= 0.3 is 0 Å². The van der Waals surface area contributed by atoms with Gasteiger partial charge in [-0.3, -0.25) is 0 Å². The standard InChI is InChI=1S/C14H26N4/c1-14(2,17(3)4)10-18-11-16-9-13(18)12-6-5-7-15-8-12/h9,11-12,15H,5-8,10H2,1-4H3. The van der Waals surface area contributed by atoms with Gasteiger partial charge in [0.25, 0.3) is 0 Å². The Morgan fingerprint density at radius 2 is 2.28 bits per heavy atom. The molecule has 18 heavy (non-hydrogen) atoms. The third-order valence-electron chi connectivity index (χ3n) is 4.23. The van der Waals surface area contributed by atoms with E-state index in [4.69, 9.17) is 0 Å². The highest BCUT2D eigenvalue weighted by Gasteiger charge is 2.24. The fourth-order valence-corrected chi connectivity index (χ4v) is 2.47. The molecule has 4 nitrogen and oxygen atoms in total. The third kappa shape index (κ3) is 2.93. The van der Waals surface area contributed by atoms with Gasteiger partial charge in [0.05, 0.1) is 6.33 Å². The largest absolute Gasteiger partial charge is 0.332 e. The van der Waals surface area contributed by atoms with E-state index < -0.39 is 0 Å². The summed E-state index contributed by atoms with van der Waals surface area (Å²) in [5.41, 5.74) is 1.54. The van der Waals surface area contributed by atoms with E-state index >= 15 is 0 Å². The predicted octanol–water partition coefficient (Wildman–Crippen LogP) is 1.69. The van der Waals surface area contributed by atoms with E-state index in [2.05, 4.69) is 47.7 Å². The average molecular weight is 250 g/mol. The Bertz CT molecular complexity index is 375. The van der Waals surface area contributed by atoms with Crippen molar-refractivity contribution < 1.29 is 0 Å². The van der Waals surface area contributed by atoms with Gasteiger partial charge in [-0.2, -0.15) is 0 Å². The van der Waals surface area contributed by atoms with E-state index in [0.717, 1.165) is 19.6 Å². The minimum absolute atomic E-state index is 0.150. The molecule has 0 spiro atoms. The Hall–Kier alpha value is -0.870. The van der Waals surface area contributed by atoms with E-state index in [-0.39, 0.29) is 5.54 Å². The summed E-state index contributed by atoms with van der Waals surface area (Å²) in [6.07, 6.45) is 6.58. The molecule has 2 heterocycles. The zero-order valence-corrected chi connectivity index (χ0v) is 12.1. The lowest BCUT2D eigenvalue weighted by Crippen LogP contribution is -2.42. The molecule has 0 aromatic carbocycles. The molecule has 1 fully saturated rings. The van der Waals surface area contributed by atoms with Crippen molar-refractivity contribution in [2.45, 2.75) is 44.7 Å².